The molecule has 0 aliphatic heterocycles. The first-order valence-electron chi connectivity index (χ1n) is 7.13. The van der Waals surface area contributed by atoms with E-state index in [1.807, 2.05) is 0 Å². The van der Waals surface area contributed by atoms with Gasteiger partial charge in [0, 0.05) is 11.7 Å². The molecule has 1 aliphatic rings. The van der Waals surface area contributed by atoms with Gasteiger partial charge in [-0.2, -0.15) is 0 Å². The van der Waals surface area contributed by atoms with Crippen LogP contribution in [0.3, 0.4) is 0 Å². The van der Waals surface area contributed by atoms with E-state index in [-0.39, 0.29) is 0 Å². The number of hydrogen-bond donors (Lipinski definition) is 1. The molecule has 0 bridgehead atoms. The second-order valence-electron chi connectivity index (χ2n) is 5.60. The highest BCUT2D eigenvalue weighted by Gasteiger charge is 2.18. The van der Waals surface area contributed by atoms with E-state index in [4.69, 9.17) is 0 Å². The standard InChI is InChI=1S/C18H21N/c1-13-6-5-9-18(14(13)2)19-17-11-10-15-7-3-4-8-16(15)12-17/h3-9,17,19H,10-12H2,1-2H3. The summed E-state index contributed by atoms with van der Waals surface area (Å²) in [7, 11) is 0. The molecule has 1 unspecified atom stereocenters. The predicted octanol–water partition coefficient (Wildman–Crippen LogP) is 4.27. The van der Waals surface area contributed by atoms with Crippen molar-refractivity contribution in [3.8, 4) is 0 Å². The molecule has 1 heteroatoms. The fourth-order valence-electron chi connectivity index (χ4n) is 2.95. The Bertz CT molecular complexity index is 586. The molecule has 0 saturated carbocycles. The van der Waals surface area contributed by atoms with Crippen LogP contribution in [0, 0.1) is 13.8 Å². The summed E-state index contributed by atoms with van der Waals surface area (Å²) >= 11 is 0. The number of aryl methyl sites for hydroxylation is 2. The van der Waals surface area contributed by atoms with Gasteiger partial charge < -0.3 is 5.32 Å². The first-order chi connectivity index (χ1) is 9.24. The van der Waals surface area contributed by atoms with Gasteiger partial charge in [-0.15, -0.1) is 0 Å². The highest BCUT2D eigenvalue weighted by Crippen LogP contribution is 2.25. The first-order valence-corrected chi connectivity index (χ1v) is 7.13. The first kappa shape index (κ1) is 12.3. The van der Waals surface area contributed by atoms with E-state index in [0.717, 1.165) is 6.42 Å². The molecule has 2 aromatic rings. The Morgan fingerprint density at radius 3 is 2.58 bits per heavy atom. The largest absolute Gasteiger partial charge is 0.382 e. The number of hydrogen-bond acceptors (Lipinski definition) is 1. The van der Waals surface area contributed by atoms with Crippen LogP contribution in [0.4, 0.5) is 5.69 Å². The lowest BCUT2D eigenvalue weighted by molar-refractivity contribution is 0.610. The van der Waals surface area contributed by atoms with E-state index in [1.54, 1.807) is 0 Å². The molecule has 1 atom stereocenters. The summed E-state index contributed by atoms with van der Waals surface area (Å²) in [6.45, 7) is 4.38. The smallest absolute Gasteiger partial charge is 0.0374 e. The van der Waals surface area contributed by atoms with Crippen molar-refractivity contribution in [3.05, 3.63) is 64.7 Å². The maximum Gasteiger partial charge on any atom is 0.0374 e. The Balaban J connectivity index is 1.77. The molecule has 1 aliphatic carbocycles. The second kappa shape index (κ2) is 5.08. The third-order valence-electron chi connectivity index (χ3n) is 4.31. The fraction of sp³-hybridized carbons (Fsp3) is 0.333. The summed E-state index contributed by atoms with van der Waals surface area (Å²) in [5.41, 5.74) is 7.07. The van der Waals surface area contributed by atoms with Gasteiger partial charge in [-0.25, -0.2) is 0 Å². The SMILES string of the molecule is Cc1cccc(NC2CCc3ccccc3C2)c1C. The maximum atomic E-state index is 3.73. The fourth-order valence-corrected chi connectivity index (χ4v) is 2.95. The zero-order valence-corrected chi connectivity index (χ0v) is 11.7. The molecule has 0 radical (unpaired) electrons. The molecule has 0 fully saturated rings. The highest BCUT2D eigenvalue weighted by atomic mass is 14.9. The Labute approximate surface area is 115 Å². The Hall–Kier alpha value is -1.76. The molecule has 19 heavy (non-hydrogen) atoms. The van der Waals surface area contributed by atoms with Gasteiger partial charge in [0.1, 0.15) is 0 Å². The minimum absolute atomic E-state index is 0.565. The summed E-state index contributed by atoms with van der Waals surface area (Å²) in [6.07, 6.45) is 3.56. The molecule has 0 spiro atoms. The van der Waals surface area contributed by atoms with Crippen molar-refractivity contribution in [2.75, 3.05) is 5.32 Å². The molecule has 1 nitrogen and oxygen atoms in total. The van der Waals surface area contributed by atoms with Gasteiger partial charge in [0.2, 0.25) is 0 Å². The minimum atomic E-state index is 0.565. The number of rotatable bonds is 2. The van der Waals surface area contributed by atoms with Crippen LogP contribution in [-0.2, 0) is 12.8 Å². The molecule has 0 saturated heterocycles. The third kappa shape index (κ3) is 2.51. The summed E-state index contributed by atoms with van der Waals surface area (Å²) < 4.78 is 0. The van der Waals surface area contributed by atoms with Gasteiger partial charge in [0.15, 0.2) is 0 Å². The van der Waals surface area contributed by atoms with Gasteiger partial charge in [-0.1, -0.05) is 36.4 Å². The average molecular weight is 251 g/mol. The van der Waals surface area contributed by atoms with Crippen LogP contribution in [0.15, 0.2) is 42.5 Å². The van der Waals surface area contributed by atoms with Gasteiger partial charge >= 0.3 is 0 Å². The van der Waals surface area contributed by atoms with Crippen molar-refractivity contribution in [3.63, 3.8) is 0 Å². The van der Waals surface area contributed by atoms with Crippen LogP contribution < -0.4 is 5.32 Å². The number of benzene rings is 2. The van der Waals surface area contributed by atoms with Crippen LogP contribution in [0.25, 0.3) is 0 Å². The minimum Gasteiger partial charge on any atom is -0.382 e. The molecule has 0 aromatic heterocycles. The van der Waals surface area contributed by atoms with Crippen molar-refractivity contribution in [1.82, 2.24) is 0 Å². The Kier molecular flexibility index (Phi) is 3.29. The lowest BCUT2D eigenvalue weighted by atomic mass is 9.88. The van der Waals surface area contributed by atoms with Gasteiger partial charge in [0.05, 0.1) is 0 Å². The van der Waals surface area contributed by atoms with Crippen molar-refractivity contribution >= 4 is 5.69 Å². The van der Waals surface area contributed by atoms with Crippen molar-refractivity contribution in [1.29, 1.82) is 0 Å². The molecular formula is C18H21N. The zero-order valence-electron chi connectivity index (χ0n) is 11.7. The van der Waals surface area contributed by atoms with Gasteiger partial charge in [-0.3, -0.25) is 0 Å². The van der Waals surface area contributed by atoms with Gasteiger partial charge in [0.25, 0.3) is 0 Å². The van der Waals surface area contributed by atoms with E-state index < -0.39 is 0 Å². The van der Waals surface area contributed by atoms with Crippen LogP contribution in [-0.4, -0.2) is 6.04 Å². The predicted molar refractivity (Wildman–Crippen MR) is 81.8 cm³/mol. The van der Waals surface area contributed by atoms with Crippen molar-refractivity contribution < 1.29 is 0 Å². The Morgan fingerprint density at radius 1 is 0.947 bits per heavy atom. The molecule has 98 valence electrons. The Morgan fingerprint density at radius 2 is 1.74 bits per heavy atom. The van der Waals surface area contributed by atoms with E-state index >= 15 is 0 Å². The number of anilines is 1. The lowest BCUT2D eigenvalue weighted by Crippen LogP contribution is -2.27. The van der Waals surface area contributed by atoms with Gasteiger partial charge in [-0.05, 0) is 61.4 Å². The second-order valence-corrected chi connectivity index (χ2v) is 5.60. The van der Waals surface area contributed by atoms with E-state index in [9.17, 15) is 0 Å². The normalized spacial score (nSPS) is 17.9. The molecule has 1 N–H and O–H groups in total. The highest BCUT2D eigenvalue weighted by molar-refractivity contribution is 5.54. The quantitative estimate of drug-likeness (QED) is 0.840. The van der Waals surface area contributed by atoms with Crippen molar-refractivity contribution in [2.45, 2.75) is 39.2 Å². The molecule has 2 aromatic carbocycles. The molecule has 0 heterocycles. The van der Waals surface area contributed by atoms with E-state index in [2.05, 4.69) is 61.6 Å². The number of nitrogens with one attached hydrogen (secondary N) is 1. The summed E-state index contributed by atoms with van der Waals surface area (Å²) in [6, 6.07) is 15.9. The van der Waals surface area contributed by atoms with Crippen LogP contribution in [0.5, 0.6) is 0 Å². The molecule has 3 rings (SSSR count). The van der Waals surface area contributed by atoms with Crippen LogP contribution in [0.1, 0.15) is 28.7 Å². The summed E-state index contributed by atoms with van der Waals surface area (Å²) in [5, 5.41) is 3.73. The summed E-state index contributed by atoms with van der Waals surface area (Å²) in [4.78, 5) is 0. The van der Waals surface area contributed by atoms with E-state index in [1.165, 1.54) is 40.8 Å². The summed E-state index contributed by atoms with van der Waals surface area (Å²) in [5.74, 6) is 0. The zero-order chi connectivity index (χ0) is 13.2. The molecular weight excluding hydrogens is 230 g/mol. The molecule has 0 amide bonds. The van der Waals surface area contributed by atoms with E-state index in [0.29, 0.717) is 6.04 Å². The van der Waals surface area contributed by atoms with Crippen LogP contribution in [0.2, 0.25) is 0 Å². The lowest BCUT2D eigenvalue weighted by Gasteiger charge is -2.27. The monoisotopic (exact) mass is 251 g/mol. The van der Waals surface area contributed by atoms with Crippen LogP contribution >= 0.6 is 0 Å². The number of fused-ring (bicyclic) bond motifs is 1. The average Bonchev–Trinajstić information content (AvgIpc) is 2.44. The third-order valence-corrected chi connectivity index (χ3v) is 4.31. The topological polar surface area (TPSA) is 12.0 Å². The van der Waals surface area contributed by atoms with Crippen molar-refractivity contribution in [2.24, 2.45) is 0 Å². The maximum absolute atomic E-state index is 3.73.